The van der Waals surface area contributed by atoms with E-state index in [1.807, 2.05) is 6.07 Å². The Bertz CT molecular complexity index is 799. The fourth-order valence-corrected chi connectivity index (χ4v) is 2.92. The molecule has 132 valence electrons. The van der Waals surface area contributed by atoms with Gasteiger partial charge in [-0.25, -0.2) is 4.79 Å². The van der Waals surface area contributed by atoms with Crippen molar-refractivity contribution in [3.63, 3.8) is 0 Å². The highest BCUT2D eigenvalue weighted by molar-refractivity contribution is 6.31. The molecule has 3 rings (SSSR count). The van der Waals surface area contributed by atoms with Gasteiger partial charge in [0.05, 0.1) is 11.9 Å². The minimum Gasteiger partial charge on any atom is -0.476 e. The monoisotopic (exact) mass is 363 g/mol. The largest absolute Gasteiger partial charge is 0.476 e. The zero-order valence-corrected chi connectivity index (χ0v) is 14.4. The van der Waals surface area contributed by atoms with E-state index >= 15 is 0 Å². The number of benzene rings is 1. The van der Waals surface area contributed by atoms with Gasteiger partial charge in [-0.2, -0.15) is 5.10 Å². The molecule has 1 saturated heterocycles. The van der Waals surface area contributed by atoms with Crippen LogP contribution in [0.15, 0.2) is 24.4 Å². The Balaban J connectivity index is 1.81. The predicted molar refractivity (Wildman–Crippen MR) is 94.7 cm³/mol. The number of amides is 1. The van der Waals surface area contributed by atoms with Crippen molar-refractivity contribution in [1.29, 1.82) is 0 Å². The number of anilines is 2. The Labute approximate surface area is 149 Å². The van der Waals surface area contributed by atoms with Crippen molar-refractivity contribution in [1.82, 2.24) is 15.1 Å². The summed E-state index contributed by atoms with van der Waals surface area (Å²) >= 11 is 6.18. The second-order valence-corrected chi connectivity index (χ2v) is 6.34. The van der Waals surface area contributed by atoms with Gasteiger partial charge in [-0.15, -0.1) is 0 Å². The van der Waals surface area contributed by atoms with Crippen molar-refractivity contribution < 1.29 is 14.7 Å². The number of piperazine rings is 1. The van der Waals surface area contributed by atoms with Gasteiger partial charge in [-0.3, -0.25) is 9.89 Å². The van der Waals surface area contributed by atoms with E-state index < -0.39 is 11.9 Å². The Morgan fingerprint density at radius 2 is 1.96 bits per heavy atom. The van der Waals surface area contributed by atoms with E-state index in [1.165, 1.54) is 6.20 Å². The highest BCUT2D eigenvalue weighted by atomic mass is 35.5. The van der Waals surface area contributed by atoms with Crippen molar-refractivity contribution in [3.8, 4) is 0 Å². The summed E-state index contributed by atoms with van der Waals surface area (Å²) in [5.41, 5.74) is 1.17. The Morgan fingerprint density at radius 3 is 2.64 bits per heavy atom. The zero-order valence-electron chi connectivity index (χ0n) is 13.6. The highest BCUT2D eigenvalue weighted by Gasteiger charge is 2.19. The molecule has 0 spiro atoms. The minimum atomic E-state index is -1.20. The van der Waals surface area contributed by atoms with E-state index in [-0.39, 0.29) is 11.4 Å². The molecular formula is C16H18ClN5O3. The normalized spacial score (nSPS) is 15.2. The number of nitrogens with one attached hydrogen (secondary N) is 2. The van der Waals surface area contributed by atoms with Crippen molar-refractivity contribution in [2.45, 2.75) is 0 Å². The van der Waals surface area contributed by atoms with E-state index in [0.29, 0.717) is 10.6 Å². The van der Waals surface area contributed by atoms with Gasteiger partial charge in [0.15, 0.2) is 5.69 Å². The molecule has 0 saturated carbocycles. The van der Waals surface area contributed by atoms with Gasteiger partial charge in [-0.1, -0.05) is 11.6 Å². The number of carboxylic acids is 1. The Kier molecular flexibility index (Phi) is 4.91. The molecule has 2 aromatic rings. The summed E-state index contributed by atoms with van der Waals surface area (Å²) in [6, 6.07) is 5.13. The first-order valence-electron chi connectivity index (χ1n) is 7.76. The number of carbonyl (C=O) groups excluding carboxylic acids is 1. The molecule has 0 atom stereocenters. The standard InChI is InChI=1S/C16H18ClN5O3/c1-21-2-4-22(5-3-21)12-7-10(6-11(17)8-12)15(23)19-13-9-18-20-14(13)16(24)25/h6-9H,2-5H2,1H3,(H,18,20)(H,19,23)(H,24,25). The average molecular weight is 364 g/mol. The van der Waals surface area contributed by atoms with E-state index in [2.05, 4.69) is 32.4 Å². The lowest BCUT2D eigenvalue weighted by atomic mass is 10.1. The van der Waals surface area contributed by atoms with Crippen LogP contribution in [0.25, 0.3) is 0 Å². The number of hydrogen-bond acceptors (Lipinski definition) is 5. The van der Waals surface area contributed by atoms with Crippen molar-refractivity contribution >= 4 is 34.9 Å². The van der Waals surface area contributed by atoms with Crippen molar-refractivity contribution in [3.05, 3.63) is 40.7 Å². The first-order valence-corrected chi connectivity index (χ1v) is 8.14. The summed E-state index contributed by atoms with van der Waals surface area (Å²) in [4.78, 5) is 28.0. The van der Waals surface area contributed by atoms with Gasteiger partial charge in [0.25, 0.3) is 5.91 Å². The number of halogens is 1. The molecule has 0 bridgehead atoms. The Morgan fingerprint density at radius 1 is 1.24 bits per heavy atom. The zero-order chi connectivity index (χ0) is 18.0. The summed E-state index contributed by atoms with van der Waals surface area (Å²) in [5, 5.41) is 18.1. The van der Waals surface area contributed by atoms with Crippen LogP contribution in [0.2, 0.25) is 5.02 Å². The molecule has 1 amide bonds. The smallest absolute Gasteiger partial charge is 0.356 e. The number of aromatic nitrogens is 2. The number of H-pyrrole nitrogens is 1. The van der Waals surface area contributed by atoms with Crippen LogP contribution in [0.4, 0.5) is 11.4 Å². The molecule has 2 heterocycles. The third-order valence-electron chi connectivity index (χ3n) is 4.11. The van der Waals surface area contributed by atoms with E-state index in [4.69, 9.17) is 16.7 Å². The molecule has 1 aromatic heterocycles. The number of likely N-dealkylation sites (N-methyl/N-ethyl adjacent to an activating group) is 1. The number of aromatic carboxylic acids is 1. The fourth-order valence-electron chi connectivity index (χ4n) is 2.69. The van der Waals surface area contributed by atoms with Gasteiger partial charge >= 0.3 is 5.97 Å². The number of rotatable bonds is 4. The third-order valence-corrected chi connectivity index (χ3v) is 4.33. The van der Waals surface area contributed by atoms with Gasteiger partial charge in [0, 0.05) is 42.5 Å². The fraction of sp³-hybridized carbons (Fsp3) is 0.312. The van der Waals surface area contributed by atoms with Crippen LogP contribution < -0.4 is 10.2 Å². The first-order chi connectivity index (χ1) is 11.9. The SMILES string of the molecule is CN1CCN(c2cc(Cl)cc(C(=O)Nc3cn[nH]c3C(=O)O)c2)CC1. The second kappa shape index (κ2) is 7.12. The minimum absolute atomic E-state index is 0.110. The van der Waals surface area contributed by atoms with Crippen LogP contribution in [-0.4, -0.2) is 65.3 Å². The maximum atomic E-state index is 12.5. The Hall–Kier alpha value is -2.58. The number of carbonyl (C=O) groups is 2. The number of aromatic amines is 1. The summed E-state index contributed by atoms with van der Waals surface area (Å²) in [7, 11) is 2.07. The van der Waals surface area contributed by atoms with Crippen LogP contribution in [0.1, 0.15) is 20.8 Å². The molecular weight excluding hydrogens is 346 g/mol. The molecule has 1 fully saturated rings. The van der Waals surface area contributed by atoms with Crippen LogP contribution in [0.3, 0.4) is 0 Å². The molecule has 1 aromatic carbocycles. The predicted octanol–water partition coefficient (Wildman–Crippen LogP) is 1.77. The molecule has 0 aliphatic carbocycles. The van der Waals surface area contributed by atoms with Crippen LogP contribution >= 0.6 is 11.6 Å². The lowest BCUT2D eigenvalue weighted by molar-refractivity contribution is 0.0691. The van der Waals surface area contributed by atoms with E-state index in [1.54, 1.807) is 12.1 Å². The maximum Gasteiger partial charge on any atom is 0.356 e. The molecule has 8 nitrogen and oxygen atoms in total. The highest BCUT2D eigenvalue weighted by Crippen LogP contribution is 2.24. The molecule has 25 heavy (non-hydrogen) atoms. The molecule has 0 unspecified atom stereocenters. The maximum absolute atomic E-state index is 12.5. The topological polar surface area (TPSA) is 102 Å². The summed E-state index contributed by atoms with van der Waals surface area (Å²) < 4.78 is 0. The lowest BCUT2D eigenvalue weighted by Gasteiger charge is -2.34. The van der Waals surface area contributed by atoms with Crippen LogP contribution in [-0.2, 0) is 0 Å². The number of hydrogen-bond donors (Lipinski definition) is 3. The molecule has 1 aliphatic rings. The second-order valence-electron chi connectivity index (χ2n) is 5.91. The van der Waals surface area contributed by atoms with Crippen molar-refractivity contribution in [2.75, 3.05) is 43.4 Å². The van der Waals surface area contributed by atoms with E-state index in [0.717, 1.165) is 31.9 Å². The first kappa shape index (κ1) is 17.2. The summed E-state index contributed by atoms with van der Waals surface area (Å²) in [5.74, 6) is -1.64. The van der Waals surface area contributed by atoms with Gasteiger partial charge < -0.3 is 20.2 Å². The number of nitrogens with zero attached hydrogens (tertiary/aromatic N) is 3. The molecule has 1 aliphatic heterocycles. The molecule has 0 radical (unpaired) electrons. The quantitative estimate of drug-likeness (QED) is 0.765. The summed E-state index contributed by atoms with van der Waals surface area (Å²) in [6.07, 6.45) is 1.26. The molecule has 3 N–H and O–H groups in total. The average Bonchev–Trinajstić information content (AvgIpc) is 3.03. The number of carboxylic acid groups (broad SMARTS) is 1. The van der Waals surface area contributed by atoms with Gasteiger partial charge in [-0.05, 0) is 25.2 Å². The van der Waals surface area contributed by atoms with E-state index in [9.17, 15) is 9.59 Å². The van der Waals surface area contributed by atoms with Gasteiger partial charge in [0.2, 0.25) is 0 Å². The van der Waals surface area contributed by atoms with Crippen molar-refractivity contribution in [2.24, 2.45) is 0 Å². The van der Waals surface area contributed by atoms with Crippen LogP contribution in [0.5, 0.6) is 0 Å². The van der Waals surface area contributed by atoms with Crippen LogP contribution in [0, 0.1) is 0 Å². The molecule has 9 heteroatoms. The lowest BCUT2D eigenvalue weighted by Crippen LogP contribution is -2.44. The third kappa shape index (κ3) is 3.92. The van der Waals surface area contributed by atoms with Gasteiger partial charge in [0.1, 0.15) is 0 Å². The summed E-state index contributed by atoms with van der Waals surface area (Å²) in [6.45, 7) is 3.57.